The molecule has 0 spiro atoms. The zero-order chi connectivity index (χ0) is 26.7. The Morgan fingerprint density at radius 1 is 1.14 bits per heavy atom. The fraction of sp³-hybridized carbons (Fsp3) is 0.241. The van der Waals surface area contributed by atoms with Crippen LogP contribution in [0.1, 0.15) is 59.7 Å². The second kappa shape index (κ2) is 10.7. The van der Waals surface area contributed by atoms with Gasteiger partial charge in [-0.15, -0.1) is 0 Å². The number of carbonyl (C=O) groups is 2. The summed E-state index contributed by atoms with van der Waals surface area (Å²) in [5.74, 6) is -1.26. The molecule has 37 heavy (non-hydrogen) atoms. The number of carbonyl (C=O) groups excluding carboxylic acids is 1. The Morgan fingerprint density at radius 3 is 2.62 bits per heavy atom. The van der Waals surface area contributed by atoms with Crippen molar-refractivity contribution in [3.8, 4) is 16.9 Å². The van der Waals surface area contributed by atoms with Gasteiger partial charge in [0.2, 0.25) is 0 Å². The van der Waals surface area contributed by atoms with E-state index in [9.17, 15) is 19.8 Å². The normalized spacial score (nSPS) is 14.7. The molecule has 0 heterocycles. The highest BCUT2D eigenvalue weighted by atomic mass is 16.4. The average molecular weight is 499 g/mol. The van der Waals surface area contributed by atoms with Crippen LogP contribution in [0.2, 0.25) is 0 Å². The van der Waals surface area contributed by atoms with Gasteiger partial charge in [-0.1, -0.05) is 25.1 Å². The number of rotatable bonds is 8. The number of carboxylic acids is 1. The summed E-state index contributed by atoms with van der Waals surface area (Å²) >= 11 is 0. The number of anilines is 2. The van der Waals surface area contributed by atoms with E-state index in [-0.39, 0.29) is 28.4 Å². The Morgan fingerprint density at radius 2 is 1.92 bits per heavy atom. The fourth-order valence-corrected chi connectivity index (χ4v) is 4.70. The number of benzene rings is 3. The van der Waals surface area contributed by atoms with Gasteiger partial charge in [0.05, 0.1) is 17.0 Å². The number of fused-ring (bicyclic) bond motifs is 1. The van der Waals surface area contributed by atoms with E-state index in [4.69, 9.17) is 5.41 Å². The number of phenolic OH excluding ortho intramolecular Hbond substituents is 1. The topological polar surface area (TPSA) is 135 Å². The Labute approximate surface area is 215 Å². The van der Waals surface area contributed by atoms with Crippen molar-refractivity contribution in [3.05, 3.63) is 76.9 Å². The standard InChI is InChI=1S/C29H30N4O4/c1-4-18-8-9-19-10-11-22(15-23(18)19)31-28(35)26(17(3)30)33-32-25-13-16(2)12-24(27(25)34)20-6-5-7-21(14-20)29(36)37/h5-7,10-15,18,30,32,34H,4,8-9H2,1-3H3,(H,31,35)(H,36,37)/b30-17?,33-26-. The van der Waals surface area contributed by atoms with Gasteiger partial charge in [-0.3, -0.25) is 10.2 Å². The average Bonchev–Trinajstić information content (AvgIpc) is 3.28. The van der Waals surface area contributed by atoms with Crippen LogP contribution in [0, 0.1) is 12.3 Å². The first-order valence-corrected chi connectivity index (χ1v) is 12.2. The number of nitrogens with zero attached hydrogens (tertiary/aromatic N) is 1. The van der Waals surface area contributed by atoms with E-state index in [1.165, 1.54) is 30.2 Å². The summed E-state index contributed by atoms with van der Waals surface area (Å²) in [5, 5.41) is 35.3. The van der Waals surface area contributed by atoms with Crippen molar-refractivity contribution in [2.45, 2.75) is 46.0 Å². The monoisotopic (exact) mass is 498 g/mol. The predicted molar refractivity (Wildman–Crippen MR) is 146 cm³/mol. The largest absolute Gasteiger partial charge is 0.505 e. The molecule has 0 aromatic heterocycles. The zero-order valence-corrected chi connectivity index (χ0v) is 21.1. The van der Waals surface area contributed by atoms with E-state index < -0.39 is 11.9 Å². The first-order valence-electron chi connectivity index (χ1n) is 12.2. The third-order valence-corrected chi connectivity index (χ3v) is 6.63. The number of amides is 1. The molecule has 1 aliphatic rings. The van der Waals surface area contributed by atoms with Crippen LogP contribution in [0.3, 0.4) is 0 Å². The maximum atomic E-state index is 13.0. The molecule has 8 nitrogen and oxygen atoms in total. The van der Waals surface area contributed by atoms with Crippen molar-refractivity contribution in [3.63, 3.8) is 0 Å². The van der Waals surface area contributed by atoms with E-state index in [0.29, 0.717) is 22.7 Å². The lowest BCUT2D eigenvalue weighted by atomic mass is 9.98. The minimum atomic E-state index is -1.07. The molecule has 0 aliphatic heterocycles. The van der Waals surface area contributed by atoms with Gasteiger partial charge in [0.15, 0.2) is 5.71 Å². The predicted octanol–water partition coefficient (Wildman–Crippen LogP) is 5.95. The van der Waals surface area contributed by atoms with Crippen LogP contribution in [-0.2, 0) is 11.2 Å². The van der Waals surface area contributed by atoms with E-state index in [2.05, 4.69) is 22.8 Å². The number of phenols is 1. The third-order valence-electron chi connectivity index (χ3n) is 6.63. The smallest absolute Gasteiger partial charge is 0.335 e. The number of carboxylic acid groups (broad SMARTS) is 1. The molecule has 3 aromatic carbocycles. The van der Waals surface area contributed by atoms with Crippen LogP contribution in [0.15, 0.2) is 59.7 Å². The van der Waals surface area contributed by atoms with Gasteiger partial charge in [-0.25, -0.2) is 4.79 Å². The fourth-order valence-electron chi connectivity index (χ4n) is 4.70. The maximum absolute atomic E-state index is 13.0. The van der Waals surface area contributed by atoms with Gasteiger partial charge in [0, 0.05) is 11.3 Å². The van der Waals surface area contributed by atoms with E-state index in [0.717, 1.165) is 24.8 Å². The van der Waals surface area contributed by atoms with Crippen molar-refractivity contribution in [1.29, 1.82) is 5.41 Å². The summed E-state index contributed by atoms with van der Waals surface area (Å²) in [6, 6.07) is 15.6. The molecule has 1 amide bonds. The van der Waals surface area contributed by atoms with Crippen LogP contribution in [0.25, 0.3) is 11.1 Å². The number of aromatic carboxylic acids is 1. The second-order valence-electron chi connectivity index (χ2n) is 9.30. The van der Waals surface area contributed by atoms with E-state index in [1.54, 1.807) is 24.3 Å². The maximum Gasteiger partial charge on any atom is 0.335 e. The summed E-state index contributed by atoms with van der Waals surface area (Å²) in [5.41, 5.74) is 7.83. The van der Waals surface area contributed by atoms with Gasteiger partial charge >= 0.3 is 5.97 Å². The lowest BCUT2D eigenvalue weighted by Gasteiger charge is -2.14. The second-order valence-corrected chi connectivity index (χ2v) is 9.30. The van der Waals surface area contributed by atoms with Gasteiger partial charge in [-0.05, 0) is 97.7 Å². The number of aryl methyl sites for hydroxylation is 2. The summed E-state index contributed by atoms with van der Waals surface area (Å²) in [4.78, 5) is 24.4. The lowest BCUT2D eigenvalue weighted by Crippen LogP contribution is -2.29. The molecule has 8 heteroatoms. The van der Waals surface area contributed by atoms with Crippen molar-refractivity contribution in [1.82, 2.24) is 0 Å². The molecule has 1 unspecified atom stereocenters. The number of nitrogens with one attached hydrogen (secondary N) is 3. The Balaban J connectivity index is 1.60. The molecular formula is C29H30N4O4. The highest BCUT2D eigenvalue weighted by Gasteiger charge is 2.22. The molecule has 1 atom stereocenters. The SMILES string of the molecule is CCC1CCc2ccc(NC(=O)/C(=N\Nc3cc(C)cc(-c4cccc(C(=O)O)c4)c3O)C(C)=N)cc21. The molecule has 1 aliphatic carbocycles. The van der Waals surface area contributed by atoms with Crippen molar-refractivity contribution < 1.29 is 19.8 Å². The highest BCUT2D eigenvalue weighted by molar-refractivity contribution is 6.67. The molecular weight excluding hydrogens is 468 g/mol. The Kier molecular flexibility index (Phi) is 7.38. The summed E-state index contributed by atoms with van der Waals surface area (Å²) in [6.07, 6.45) is 3.20. The number of aromatic hydroxyl groups is 1. The van der Waals surface area contributed by atoms with Crippen LogP contribution >= 0.6 is 0 Å². The summed E-state index contributed by atoms with van der Waals surface area (Å²) in [6.45, 7) is 5.45. The van der Waals surface area contributed by atoms with Gasteiger partial charge < -0.3 is 20.9 Å². The highest BCUT2D eigenvalue weighted by Crippen LogP contribution is 2.38. The molecule has 4 rings (SSSR count). The minimum absolute atomic E-state index is 0.0425. The molecule has 0 saturated heterocycles. The van der Waals surface area contributed by atoms with E-state index >= 15 is 0 Å². The lowest BCUT2D eigenvalue weighted by molar-refractivity contribution is -0.110. The quantitative estimate of drug-likeness (QED) is 0.149. The molecule has 0 bridgehead atoms. The van der Waals surface area contributed by atoms with Crippen LogP contribution in [0.4, 0.5) is 11.4 Å². The number of hydrogen-bond donors (Lipinski definition) is 5. The first kappa shape index (κ1) is 25.6. The van der Waals surface area contributed by atoms with Crippen LogP contribution in [-0.4, -0.2) is 33.5 Å². The van der Waals surface area contributed by atoms with E-state index in [1.807, 2.05) is 25.1 Å². The van der Waals surface area contributed by atoms with Crippen molar-refractivity contribution in [2.75, 3.05) is 10.7 Å². The minimum Gasteiger partial charge on any atom is -0.505 e. The molecule has 190 valence electrons. The molecule has 0 saturated carbocycles. The van der Waals surface area contributed by atoms with Crippen LogP contribution in [0.5, 0.6) is 5.75 Å². The molecule has 0 fully saturated rings. The number of hydrazone groups is 1. The van der Waals surface area contributed by atoms with Gasteiger partial charge in [-0.2, -0.15) is 5.10 Å². The molecule has 5 N–H and O–H groups in total. The van der Waals surface area contributed by atoms with Gasteiger partial charge in [0.1, 0.15) is 5.75 Å². The summed E-state index contributed by atoms with van der Waals surface area (Å²) in [7, 11) is 0. The summed E-state index contributed by atoms with van der Waals surface area (Å²) < 4.78 is 0. The van der Waals surface area contributed by atoms with Crippen molar-refractivity contribution >= 4 is 34.7 Å². The first-order chi connectivity index (χ1) is 17.7. The van der Waals surface area contributed by atoms with Crippen LogP contribution < -0.4 is 10.7 Å². The number of hydrogen-bond acceptors (Lipinski definition) is 6. The molecule has 3 aromatic rings. The zero-order valence-electron chi connectivity index (χ0n) is 21.1. The Hall–Kier alpha value is -4.46. The Bertz CT molecular complexity index is 1430. The van der Waals surface area contributed by atoms with Crippen molar-refractivity contribution in [2.24, 2.45) is 5.10 Å². The van der Waals surface area contributed by atoms with Gasteiger partial charge in [0.25, 0.3) is 5.91 Å². The molecule has 0 radical (unpaired) electrons. The third kappa shape index (κ3) is 5.53.